The maximum Gasteiger partial charge on any atom is 0.229 e. The molecule has 1 saturated heterocycles. The van der Waals surface area contributed by atoms with E-state index in [9.17, 15) is 9.59 Å². The van der Waals surface area contributed by atoms with Gasteiger partial charge in [-0.25, -0.2) is 0 Å². The molecule has 2 aliphatic rings. The van der Waals surface area contributed by atoms with Crippen LogP contribution in [-0.2, 0) is 16.0 Å². The third kappa shape index (κ3) is 2.65. The second-order valence-corrected chi connectivity index (χ2v) is 6.00. The lowest BCUT2D eigenvalue weighted by Crippen LogP contribution is -2.28. The average Bonchev–Trinajstić information content (AvgIpc) is 3.04. The summed E-state index contributed by atoms with van der Waals surface area (Å²) in [4.78, 5) is 25.6. The van der Waals surface area contributed by atoms with Crippen LogP contribution in [0.5, 0.6) is 0 Å². The van der Waals surface area contributed by atoms with Crippen molar-refractivity contribution in [1.29, 1.82) is 0 Å². The highest BCUT2D eigenvalue weighted by Gasteiger charge is 2.30. The first kappa shape index (κ1) is 14.1. The lowest BCUT2D eigenvalue weighted by molar-refractivity contribution is -0.120. The van der Waals surface area contributed by atoms with E-state index in [1.165, 1.54) is 0 Å². The van der Waals surface area contributed by atoms with Crippen molar-refractivity contribution in [3.8, 4) is 0 Å². The summed E-state index contributed by atoms with van der Waals surface area (Å²) in [5.74, 6) is 0.546. The van der Waals surface area contributed by atoms with E-state index in [2.05, 4.69) is 17.6 Å². The summed E-state index contributed by atoms with van der Waals surface area (Å²) in [6.45, 7) is 6.05. The average molecular weight is 287 g/mol. The molecule has 3 rings (SSSR count). The quantitative estimate of drug-likeness (QED) is 0.864. The number of hydrogen-bond acceptors (Lipinski definition) is 3. The van der Waals surface area contributed by atoms with Gasteiger partial charge in [0.1, 0.15) is 0 Å². The Morgan fingerprint density at radius 3 is 2.81 bits per heavy atom. The van der Waals surface area contributed by atoms with Crippen LogP contribution < -0.4 is 15.5 Å². The molecule has 1 aromatic carbocycles. The van der Waals surface area contributed by atoms with Crippen molar-refractivity contribution in [2.45, 2.75) is 20.3 Å². The van der Waals surface area contributed by atoms with E-state index in [1.54, 1.807) is 11.8 Å². The molecule has 0 saturated carbocycles. The third-order valence-electron chi connectivity index (χ3n) is 4.48. The van der Waals surface area contributed by atoms with Crippen molar-refractivity contribution >= 4 is 23.2 Å². The molecule has 5 nitrogen and oxygen atoms in total. The van der Waals surface area contributed by atoms with Gasteiger partial charge in [-0.3, -0.25) is 9.59 Å². The van der Waals surface area contributed by atoms with Gasteiger partial charge in [0.2, 0.25) is 11.8 Å². The van der Waals surface area contributed by atoms with Gasteiger partial charge in [0.05, 0.1) is 5.92 Å². The topological polar surface area (TPSA) is 61.4 Å². The minimum Gasteiger partial charge on any atom is -0.326 e. The zero-order valence-electron chi connectivity index (χ0n) is 12.5. The van der Waals surface area contributed by atoms with Crippen LogP contribution in [0.15, 0.2) is 18.2 Å². The van der Waals surface area contributed by atoms with Crippen molar-refractivity contribution < 1.29 is 9.59 Å². The summed E-state index contributed by atoms with van der Waals surface area (Å²) in [5.41, 5.74) is 2.92. The first-order valence-electron chi connectivity index (χ1n) is 7.49. The highest BCUT2D eigenvalue weighted by atomic mass is 16.2. The fourth-order valence-corrected chi connectivity index (χ4v) is 3.20. The fraction of sp³-hybridized carbons (Fsp3) is 0.500. The Kier molecular flexibility index (Phi) is 3.68. The molecule has 112 valence electrons. The molecule has 2 N–H and O–H groups in total. The third-order valence-corrected chi connectivity index (χ3v) is 4.48. The second kappa shape index (κ2) is 5.48. The van der Waals surface area contributed by atoms with E-state index in [0.717, 1.165) is 43.0 Å². The summed E-state index contributed by atoms with van der Waals surface area (Å²) in [7, 11) is 0. The molecule has 2 amide bonds. The van der Waals surface area contributed by atoms with E-state index >= 15 is 0 Å². The van der Waals surface area contributed by atoms with Gasteiger partial charge in [0.15, 0.2) is 0 Å². The first-order chi connectivity index (χ1) is 10.1. The maximum atomic E-state index is 12.3. The Bertz CT molecular complexity index is 585. The molecule has 2 aliphatic heterocycles. The van der Waals surface area contributed by atoms with E-state index in [0.29, 0.717) is 5.92 Å². The number of benzene rings is 1. The van der Waals surface area contributed by atoms with E-state index < -0.39 is 0 Å². The lowest BCUT2D eigenvalue weighted by atomic mass is 9.97. The largest absolute Gasteiger partial charge is 0.326 e. The Hall–Kier alpha value is -1.88. The normalized spacial score (nSPS) is 24.0. The predicted molar refractivity (Wildman–Crippen MR) is 82.3 cm³/mol. The van der Waals surface area contributed by atoms with Crippen molar-refractivity contribution in [1.82, 2.24) is 5.32 Å². The number of hydrogen-bond donors (Lipinski definition) is 2. The molecule has 0 radical (unpaired) electrons. The Labute approximate surface area is 124 Å². The van der Waals surface area contributed by atoms with Crippen LogP contribution in [0.4, 0.5) is 11.4 Å². The van der Waals surface area contributed by atoms with Gasteiger partial charge in [-0.15, -0.1) is 0 Å². The van der Waals surface area contributed by atoms with Crippen LogP contribution >= 0.6 is 0 Å². The molecule has 1 aromatic rings. The van der Waals surface area contributed by atoms with Gasteiger partial charge in [0.25, 0.3) is 0 Å². The van der Waals surface area contributed by atoms with Crippen LogP contribution in [0.1, 0.15) is 19.4 Å². The summed E-state index contributed by atoms with van der Waals surface area (Å²) in [5, 5.41) is 6.25. The summed E-state index contributed by atoms with van der Waals surface area (Å²) in [6, 6.07) is 5.80. The molecular weight excluding hydrogens is 266 g/mol. The monoisotopic (exact) mass is 287 g/mol. The smallest absolute Gasteiger partial charge is 0.229 e. The van der Waals surface area contributed by atoms with Gasteiger partial charge in [-0.05, 0) is 42.6 Å². The van der Waals surface area contributed by atoms with Crippen molar-refractivity contribution in [2.75, 3.05) is 29.9 Å². The molecule has 5 heteroatoms. The highest BCUT2D eigenvalue weighted by Crippen LogP contribution is 2.31. The van der Waals surface area contributed by atoms with Crippen molar-refractivity contribution in [2.24, 2.45) is 11.8 Å². The molecule has 0 aromatic heterocycles. The van der Waals surface area contributed by atoms with Gasteiger partial charge >= 0.3 is 0 Å². The number of nitrogens with zero attached hydrogens (tertiary/aromatic N) is 1. The summed E-state index contributed by atoms with van der Waals surface area (Å²) in [6.07, 6.45) is 0.847. The fourth-order valence-electron chi connectivity index (χ4n) is 3.20. The Balaban J connectivity index is 1.73. The van der Waals surface area contributed by atoms with Crippen LogP contribution in [0.25, 0.3) is 0 Å². The molecular formula is C16H21N3O2. The number of carbonyl (C=O) groups is 2. The number of fused-ring (bicyclic) bond motifs is 1. The predicted octanol–water partition coefficient (Wildman–Crippen LogP) is 1.39. The number of rotatable bonds is 2. The van der Waals surface area contributed by atoms with Crippen LogP contribution in [0.2, 0.25) is 0 Å². The molecule has 2 unspecified atom stereocenters. The SMILES string of the molecule is CC(=O)N1CCc2cc(NC(=O)C3CNCC3C)ccc21. The maximum absolute atomic E-state index is 12.3. The number of anilines is 2. The van der Waals surface area contributed by atoms with Crippen molar-refractivity contribution in [3.63, 3.8) is 0 Å². The zero-order chi connectivity index (χ0) is 15.0. The standard InChI is InChI=1S/C16H21N3O2/c1-10-8-17-9-14(10)16(21)18-13-3-4-15-12(7-13)5-6-19(15)11(2)20/h3-4,7,10,14,17H,5-6,8-9H2,1-2H3,(H,18,21). The van der Waals surface area contributed by atoms with Gasteiger partial charge in [-0.2, -0.15) is 0 Å². The van der Waals surface area contributed by atoms with Gasteiger partial charge in [0, 0.05) is 31.4 Å². The lowest BCUT2D eigenvalue weighted by Gasteiger charge is -2.16. The van der Waals surface area contributed by atoms with Crippen molar-refractivity contribution in [3.05, 3.63) is 23.8 Å². The molecule has 0 aliphatic carbocycles. The van der Waals surface area contributed by atoms with Gasteiger partial charge < -0.3 is 15.5 Å². The molecule has 0 spiro atoms. The van der Waals surface area contributed by atoms with E-state index in [4.69, 9.17) is 0 Å². The first-order valence-corrected chi connectivity index (χ1v) is 7.49. The van der Waals surface area contributed by atoms with E-state index in [1.807, 2.05) is 18.2 Å². The minimum atomic E-state index is 0.0342. The number of amides is 2. The number of nitrogens with one attached hydrogen (secondary N) is 2. The molecule has 0 bridgehead atoms. The summed E-state index contributed by atoms with van der Waals surface area (Å²) < 4.78 is 0. The Morgan fingerprint density at radius 1 is 1.33 bits per heavy atom. The molecule has 2 atom stereocenters. The Morgan fingerprint density at radius 2 is 2.14 bits per heavy atom. The van der Waals surface area contributed by atoms with Crippen LogP contribution in [0.3, 0.4) is 0 Å². The highest BCUT2D eigenvalue weighted by molar-refractivity contribution is 5.96. The summed E-state index contributed by atoms with van der Waals surface area (Å²) >= 11 is 0. The molecule has 21 heavy (non-hydrogen) atoms. The molecule has 1 fully saturated rings. The number of carbonyl (C=O) groups excluding carboxylic acids is 2. The van der Waals surface area contributed by atoms with Gasteiger partial charge in [-0.1, -0.05) is 6.92 Å². The second-order valence-electron chi connectivity index (χ2n) is 6.00. The van der Waals surface area contributed by atoms with Crippen LogP contribution in [-0.4, -0.2) is 31.4 Å². The zero-order valence-corrected chi connectivity index (χ0v) is 12.5. The van der Waals surface area contributed by atoms with E-state index in [-0.39, 0.29) is 17.7 Å². The molecule has 2 heterocycles. The van der Waals surface area contributed by atoms with Crippen LogP contribution in [0, 0.1) is 11.8 Å². The minimum absolute atomic E-state index is 0.0342.